The molecule has 5 aliphatic rings. The van der Waals surface area contributed by atoms with Gasteiger partial charge >= 0.3 is 5.97 Å². The Bertz CT molecular complexity index is 292. The Labute approximate surface area is 90.4 Å². The van der Waals surface area contributed by atoms with Gasteiger partial charge in [0, 0.05) is 0 Å². The molecule has 1 aliphatic heterocycles. The van der Waals surface area contributed by atoms with Crippen molar-refractivity contribution in [3.8, 4) is 0 Å². The maximum absolute atomic E-state index is 12.1. The van der Waals surface area contributed by atoms with Crippen molar-refractivity contribution in [1.29, 1.82) is 0 Å². The SMILES string of the molecule is O=C1OCCC12C1CC3CC(C1)CC2C3. The van der Waals surface area contributed by atoms with Gasteiger partial charge in [-0.25, -0.2) is 0 Å². The lowest BCUT2D eigenvalue weighted by Gasteiger charge is -2.58. The number of carbonyl (C=O) groups is 1. The Hall–Kier alpha value is -0.530. The van der Waals surface area contributed by atoms with Crippen LogP contribution in [0.2, 0.25) is 0 Å². The van der Waals surface area contributed by atoms with Crippen LogP contribution in [0.1, 0.15) is 38.5 Å². The average Bonchev–Trinajstić information content (AvgIpc) is 2.57. The van der Waals surface area contributed by atoms with E-state index in [2.05, 4.69) is 0 Å². The van der Waals surface area contributed by atoms with E-state index in [0.717, 1.165) is 18.3 Å². The van der Waals surface area contributed by atoms with E-state index < -0.39 is 0 Å². The molecular weight excluding hydrogens is 188 g/mol. The highest BCUT2D eigenvalue weighted by Crippen LogP contribution is 2.65. The quantitative estimate of drug-likeness (QED) is 0.569. The van der Waals surface area contributed by atoms with Crippen molar-refractivity contribution in [3.63, 3.8) is 0 Å². The minimum absolute atomic E-state index is 0.00653. The van der Waals surface area contributed by atoms with Crippen molar-refractivity contribution >= 4 is 5.97 Å². The first-order valence-corrected chi connectivity index (χ1v) is 6.46. The Balaban J connectivity index is 1.78. The lowest BCUT2D eigenvalue weighted by Crippen LogP contribution is -2.55. The van der Waals surface area contributed by atoms with Gasteiger partial charge in [0.25, 0.3) is 0 Å². The summed E-state index contributed by atoms with van der Waals surface area (Å²) in [6.45, 7) is 0.696. The number of carbonyl (C=O) groups excluding carboxylic acids is 1. The normalized spacial score (nSPS) is 56.4. The maximum atomic E-state index is 12.1. The van der Waals surface area contributed by atoms with Crippen LogP contribution >= 0.6 is 0 Å². The second-order valence-corrected chi connectivity index (χ2v) is 6.23. The van der Waals surface area contributed by atoms with Gasteiger partial charge in [-0.05, 0) is 62.2 Å². The lowest BCUT2D eigenvalue weighted by atomic mass is 9.45. The molecule has 1 spiro atoms. The largest absolute Gasteiger partial charge is 0.465 e. The van der Waals surface area contributed by atoms with E-state index in [1.54, 1.807) is 0 Å². The minimum Gasteiger partial charge on any atom is -0.465 e. The third kappa shape index (κ3) is 0.896. The first-order chi connectivity index (χ1) is 7.29. The third-order valence-corrected chi connectivity index (χ3v) is 5.72. The zero-order valence-electron chi connectivity index (χ0n) is 9.08. The first kappa shape index (κ1) is 8.60. The molecule has 4 bridgehead atoms. The second-order valence-electron chi connectivity index (χ2n) is 6.23. The summed E-state index contributed by atoms with van der Waals surface area (Å²) in [7, 11) is 0. The van der Waals surface area contributed by atoms with Crippen LogP contribution in [0.5, 0.6) is 0 Å². The molecule has 0 aromatic heterocycles. The van der Waals surface area contributed by atoms with Crippen molar-refractivity contribution in [2.75, 3.05) is 6.61 Å². The van der Waals surface area contributed by atoms with E-state index in [1.165, 1.54) is 32.1 Å². The summed E-state index contributed by atoms with van der Waals surface area (Å²) in [5.74, 6) is 3.43. The molecule has 15 heavy (non-hydrogen) atoms. The van der Waals surface area contributed by atoms with Crippen LogP contribution in [0, 0.1) is 29.1 Å². The van der Waals surface area contributed by atoms with Crippen molar-refractivity contribution in [3.05, 3.63) is 0 Å². The molecular formula is C13H18O2. The number of hydrogen-bond acceptors (Lipinski definition) is 2. The fourth-order valence-electron chi connectivity index (χ4n) is 5.32. The van der Waals surface area contributed by atoms with Crippen LogP contribution in [0.4, 0.5) is 0 Å². The molecule has 5 rings (SSSR count). The topological polar surface area (TPSA) is 26.3 Å². The molecule has 0 N–H and O–H groups in total. The molecule has 0 atom stereocenters. The Morgan fingerprint density at radius 2 is 1.60 bits per heavy atom. The number of esters is 1. The molecule has 4 saturated carbocycles. The van der Waals surface area contributed by atoms with Crippen molar-refractivity contribution in [2.24, 2.45) is 29.1 Å². The smallest absolute Gasteiger partial charge is 0.312 e. The Morgan fingerprint density at radius 1 is 1.00 bits per heavy atom. The van der Waals surface area contributed by atoms with Gasteiger partial charge in [-0.1, -0.05) is 0 Å². The summed E-state index contributed by atoms with van der Waals surface area (Å²) < 4.78 is 5.29. The number of cyclic esters (lactones) is 1. The molecule has 0 radical (unpaired) electrons. The van der Waals surface area contributed by atoms with Gasteiger partial charge in [-0.3, -0.25) is 4.79 Å². The van der Waals surface area contributed by atoms with Crippen LogP contribution in [0.3, 0.4) is 0 Å². The number of hydrogen-bond donors (Lipinski definition) is 0. The zero-order valence-corrected chi connectivity index (χ0v) is 9.08. The van der Waals surface area contributed by atoms with Gasteiger partial charge in [0.2, 0.25) is 0 Å². The molecule has 2 heteroatoms. The van der Waals surface area contributed by atoms with Crippen LogP contribution in [0.15, 0.2) is 0 Å². The summed E-state index contributed by atoms with van der Waals surface area (Å²) in [4.78, 5) is 12.1. The summed E-state index contributed by atoms with van der Waals surface area (Å²) in [6.07, 6.45) is 7.77. The number of ether oxygens (including phenoxy) is 1. The molecule has 2 nitrogen and oxygen atoms in total. The minimum atomic E-state index is -0.00653. The Morgan fingerprint density at radius 3 is 2.07 bits per heavy atom. The maximum Gasteiger partial charge on any atom is 0.312 e. The molecule has 82 valence electrons. The van der Waals surface area contributed by atoms with Gasteiger partial charge in [0.15, 0.2) is 0 Å². The predicted octanol–water partition coefficient (Wildman–Crippen LogP) is 2.38. The molecule has 0 aromatic rings. The zero-order chi connectivity index (χ0) is 10.0. The van der Waals surface area contributed by atoms with Gasteiger partial charge in [-0.2, -0.15) is 0 Å². The summed E-state index contributed by atoms with van der Waals surface area (Å²) in [6, 6.07) is 0. The van der Waals surface area contributed by atoms with Crippen molar-refractivity contribution < 1.29 is 9.53 Å². The summed E-state index contributed by atoms with van der Waals surface area (Å²) in [5.41, 5.74) is -0.00653. The van der Waals surface area contributed by atoms with E-state index in [1.807, 2.05) is 0 Å². The average molecular weight is 206 g/mol. The van der Waals surface area contributed by atoms with Crippen molar-refractivity contribution in [2.45, 2.75) is 38.5 Å². The standard InChI is InChI=1S/C13H18O2/c14-12-13(1-2-15-12)10-4-8-3-9(6-10)7-11(13)5-8/h8-11H,1-7H2. The van der Waals surface area contributed by atoms with Crippen LogP contribution in [0.25, 0.3) is 0 Å². The van der Waals surface area contributed by atoms with E-state index >= 15 is 0 Å². The lowest BCUT2D eigenvalue weighted by molar-refractivity contribution is -0.167. The molecule has 1 saturated heterocycles. The predicted molar refractivity (Wildman–Crippen MR) is 55.1 cm³/mol. The molecule has 5 fully saturated rings. The highest BCUT2D eigenvalue weighted by atomic mass is 16.5. The van der Waals surface area contributed by atoms with Crippen LogP contribution < -0.4 is 0 Å². The van der Waals surface area contributed by atoms with Crippen molar-refractivity contribution in [1.82, 2.24) is 0 Å². The highest BCUT2D eigenvalue weighted by Gasteiger charge is 2.63. The van der Waals surface area contributed by atoms with Crippen LogP contribution in [-0.2, 0) is 9.53 Å². The second kappa shape index (κ2) is 2.58. The first-order valence-electron chi connectivity index (χ1n) is 6.46. The highest BCUT2D eigenvalue weighted by molar-refractivity contribution is 5.80. The van der Waals surface area contributed by atoms with E-state index in [-0.39, 0.29) is 11.4 Å². The van der Waals surface area contributed by atoms with E-state index in [4.69, 9.17) is 4.74 Å². The van der Waals surface area contributed by atoms with Gasteiger partial charge < -0.3 is 4.74 Å². The fraction of sp³-hybridized carbons (Fsp3) is 0.923. The molecule has 1 heterocycles. The van der Waals surface area contributed by atoms with E-state index in [9.17, 15) is 4.79 Å². The Kier molecular flexibility index (Phi) is 1.48. The molecule has 0 unspecified atom stereocenters. The molecule has 0 amide bonds. The van der Waals surface area contributed by atoms with Gasteiger partial charge in [0.1, 0.15) is 0 Å². The van der Waals surface area contributed by atoms with Gasteiger partial charge in [0.05, 0.1) is 12.0 Å². The molecule has 0 aromatic carbocycles. The third-order valence-electron chi connectivity index (χ3n) is 5.72. The monoisotopic (exact) mass is 206 g/mol. The molecule has 4 aliphatic carbocycles. The fourth-order valence-corrected chi connectivity index (χ4v) is 5.32. The van der Waals surface area contributed by atoms with E-state index in [0.29, 0.717) is 18.4 Å². The van der Waals surface area contributed by atoms with Gasteiger partial charge in [-0.15, -0.1) is 0 Å². The summed E-state index contributed by atoms with van der Waals surface area (Å²) in [5, 5.41) is 0. The number of rotatable bonds is 0. The van der Waals surface area contributed by atoms with Crippen LogP contribution in [-0.4, -0.2) is 12.6 Å². The summed E-state index contributed by atoms with van der Waals surface area (Å²) >= 11 is 0.